The molecular formula is C23H29NO3. The number of amides is 1. The van der Waals surface area contributed by atoms with Crippen LogP contribution in [0, 0.1) is 0 Å². The van der Waals surface area contributed by atoms with Gasteiger partial charge in [0.05, 0.1) is 7.11 Å². The molecule has 4 nitrogen and oxygen atoms in total. The van der Waals surface area contributed by atoms with Gasteiger partial charge in [0.25, 0.3) is 5.91 Å². The van der Waals surface area contributed by atoms with Crippen molar-refractivity contribution in [2.24, 2.45) is 0 Å². The molecule has 0 aliphatic carbocycles. The third-order valence-corrected chi connectivity index (χ3v) is 5.10. The van der Waals surface area contributed by atoms with Crippen molar-refractivity contribution in [3.05, 3.63) is 59.2 Å². The molecule has 0 fully saturated rings. The maximum atomic E-state index is 12.9. The number of carbonyl (C=O) groups is 1. The van der Waals surface area contributed by atoms with Gasteiger partial charge in [-0.2, -0.15) is 0 Å². The Morgan fingerprint density at radius 3 is 2.56 bits per heavy atom. The lowest BCUT2D eigenvalue weighted by molar-refractivity contribution is -0.138. The van der Waals surface area contributed by atoms with Crippen LogP contribution in [-0.4, -0.2) is 30.6 Å². The maximum Gasteiger partial charge on any atom is 0.263 e. The predicted octanol–water partition coefficient (Wildman–Crippen LogP) is 4.34. The third-order valence-electron chi connectivity index (χ3n) is 5.10. The van der Waals surface area contributed by atoms with Crippen LogP contribution in [0.2, 0.25) is 0 Å². The summed E-state index contributed by atoms with van der Waals surface area (Å²) in [5, 5.41) is 0. The summed E-state index contributed by atoms with van der Waals surface area (Å²) >= 11 is 0. The Balaban J connectivity index is 1.69. The molecule has 0 N–H and O–H groups in total. The Hall–Kier alpha value is -2.49. The van der Waals surface area contributed by atoms with E-state index in [0.29, 0.717) is 13.1 Å². The Morgan fingerprint density at radius 2 is 1.85 bits per heavy atom. The monoisotopic (exact) mass is 367 g/mol. The number of methoxy groups -OCH3 is 1. The average molecular weight is 367 g/mol. The van der Waals surface area contributed by atoms with E-state index in [1.54, 1.807) is 7.11 Å². The molecule has 2 aromatic carbocycles. The summed E-state index contributed by atoms with van der Waals surface area (Å²) in [6.45, 7) is 9.64. The summed E-state index contributed by atoms with van der Waals surface area (Å²) in [6.07, 6.45) is 0.337. The van der Waals surface area contributed by atoms with Crippen LogP contribution < -0.4 is 9.47 Å². The summed E-state index contributed by atoms with van der Waals surface area (Å²) in [7, 11) is 1.66. The van der Waals surface area contributed by atoms with Crippen molar-refractivity contribution < 1.29 is 14.3 Å². The molecule has 1 amide bonds. The van der Waals surface area contributed by atoms with Gasteiger partial charge in [-0.25, -0.2) is 0 Å². The zero-order valence-electron chi connectivity index (χ0n) is 16.9. The van der Waals surface area contributed by atoms with Crippen molar-refractivity contribution >= 4 is 5.91 Å². The smallest absolute Gasteiger partial charge is 0.263 e. The highest BCUT2D eigenvalue weighted by atomic mass is 16.5. The van der Waals surface area contributed by atoms with E-state index in [1.807, 2.05) is 42.2 Å². The van der Waals surface area contributed by atoms with Crippen molar-refractivity contribution in [1.29, 1.82) is 0 Å². The zero-order chi connectivity index (χ0) is 19.6. The van der Waals surface area contributed by atoms with Gasteiger partial charge in [0.15, 0.2) is 6.10 Å². The SMILES string of the molecule is COc1ccc2c(c1)CN(C(=O)C(C)Oc1cccc(C(C)(C)C)c1)CC2. The number of nitrogens with zero attached hydrogens (tertiary/aromatic N) is 1. The first-order valence-corrected chi connectivity index (χ1v) is 9.49. The summed E-state index contributed by atoms with van der Waals surface area (Å²) in [6, 6.07) is 14.1. The predicted molar refractivity (Wildman–Crippen MR) is 107 cm³/mol. The fraction of sp³-hybridized carbons (Fsp3) is 0.435. The molecule has 0 radical (unpaired) electrons. The van der Waals surface area contributed by atoms with Crippen molar-refractivity contribution in [2.45, 2.75) is 52.2 Å². The molecule has 0 saturated carbocycles. The van der Waals surface area contributed by atoms with E-state index < -0.39 is 6.10 Å². The number of ether oxygens (including phenoxy) is 2. The second-order valence-corrected chi connectivity index (χ2v) is 8.18. The van der Waals surface area contributed by atoms with Crippen LogP contribution in [0.5, 0.6) is 11.5 Å². The fourth-order valence-electron chi connectivity index (χ4n) is 3.40. The van der Waals surface area contributed by atoms with E-state index in [0.717, 1.165) is 23.5 Å². The van der Waals surface area contributed by atoms with Crippen LogP contribution in [0.3, 0.4) is 0 Å². The minimum absolute atomic E-state index is 0.0182. The first-order chi connectivity index (χ1) is 12.8. The Morgan fingerprint density at radius 1 is 1.07 bits per heavy atom. The van der Waals surface area contributed by atoms with Crippen LogP contribution >= 0.6 is 0 Å². The van der Waals surface area contributed by atoms with E-state index in [2.05, 4.69) is 32.9 Å². The van der Waals surface area contributed by atoms with E-state index in [9.17, 15) is 4.79 Å². The largest absolute Gasteiger partial charge is 0.497 e. The van der Waals surface area contributed by atoms with Crippen LogP contribution in [0.15, 0.2) is 42.5 Å². The highest BCUT2D eigenvalue weighted by Gasteiger charge is 2.26. The van der Waals surface area contributed by atoms with Crippen molar-refractivity contribution in [3.8, 4) is 11.5 Å². The van der Waals surface area contributed by atoms with Gasteiger partial charge in [-0.15, -0.1) is 0 Å². The van der Waals surface area contributed by atoms with Gasteiger partial charge in [-0.05, 0) is 59.7 Å². The molecule has 27 heavy (non-hydrogen) atoms. The molecule has 0 spiro atoms. The number of rotatable bonds is 4. The van der Waals surface area contributed by atoms with Gasteiger partial charge in [0.2, 0.25) is 0 Å². The van der Waals surface area contributed by atoms with E-state index in [1.165, 1.54) is 11.1 Å². The molecule has 4 heteroatoms. The quantitative estimate of drug-likeness (QED) is 0.807. The van der Waals surface area contributed by atoms with E-state index >= 15 is 0 Å². The van der Waals surface area contributed by atoms with Crippen LogP contribution in [0.1, 0.15) is 44.4 Å². The summed E-state index contributed by atoms with van der Waals surface area (Å²) in [5.74, 6) is 1.58. The maximum absolute atomic E-state index is 12.9. The first-order valence-electron chi connectivity index (χ1n) is 9.49. The highest BCUT2D eigenvalue weighted by Crippen LogP contribution is 2.27. The highest BCUT2D eigenvalue weighted by molar-refractivity contribution is 5.81. The topological polar surface area (TPSA) is 38.8 Å². The Labute approximate surface area is 162 Å². The molecule has 144 valence electrons. The Bertz CT molecular complexity index is 823. The molecule has 1 aliphatic rings. The molecule has 1 heterocycles. The van der Waals surface area contributed by atoms with Gasteiger partial charge in [-0.1, -0.05) is 39.0 Å². The number of fused-ring (bicyclic) bond motifs is 1. The van der Waals surface area contributed by atoms with Crippen molar-refractivity contribution in [1.82, 2.24) is 4.90 Å². The van der Waals surface area contributed by atoms with Gasteiger partial charge >= 0.3 is 0 Å². The molecule has 0 saturated heterocycles. The first kappa shape index (κ1) is 19.3. The number of hydrogen-bond donors (Lipinski definition) is 0. The third kappa shape index (κ3) is 4.44. The molecule has 1 atom stereocenters. The van der Waals surface area contributed by atoms with Crippen LogP contribution in [0.25, 0.3) is 0 Å². The summed E-state index contributed by atoms with van der Waals surface area (Å²) in [4.78, 5) is 14.8. The van der Waals surface area contributed by atoms with Crippen molar-refractivity contribution in [3.63, 3.8) is 0 Å². The molecule has 1 aliphatic heterocycles. The normalized spacial score (nSPS) is 15.1. The molecule has 0 aromatic heterocycles. The van der Waals surface area contributed by atoms with Gasteiger partial charge in [0.1, 0.15) is 11.5 Å². The Kier molecular flexibility index (Phi) is 5.45. The second kappa shape index (κ2) is 7.63. The summed E-state index contributed by atoms with van der Waals surface area (Å²) in [5.41, 5.74) is 3.67. The molecular weight excluding hydrogens is 338 g/mol. The number of hydrogen-bond acceptors (Lipinski definition) is 3. The molecule has 1 unspecified atom stereocenters. The summed E-state index contributed by atoms with van der Waals surface area (Å²) < 4.78 is 11.3. The minimum atomic E-state index is -0.521. The zero-order valence-corrected chi connectivity index (χ0v) is 16.9. The van der Waals surface area contributed by atoms with Crippen LogP contribution in [0.4, 0.5) is 0 Å². The molecule has 2 aromatic rings. The number of carbonyl (C=O) groups excluding carboxylic acids is 1. The standard InChI is InChI=1S/C23H29NO3/c1-16(27-21-8-6-7-19(14-21)23(2,3)4)22(25)24-12-11-17-9-10-20(26-5)13-18(17)15-24/h6-10,13-14,16H,11-12,15H2,1-5H3. The lowest BCUT2D eigenvalue weighted by Gasteiger charge is -2.31. The minimum Gasteiger partial charge on any atom is -0.497 e. The van der Waals surface area contributed by atoms with E-state index in [-0.39, 0.29) is 11.3 Å². The average Bonchev–Trinajstić information content (AvgIpc) is 2.66. The van der Waals surface area contributed by atoms with Crippen molar-refractivity contribution in [2.75, 3.05) is 13.7 Å². The fourth-order valence-corrected chi connectivity index (χ4v) is 3.40. The van der Waals surface area contributed by atoms with Crippen LogP contribution in [-0.2, 0) is 23.2 Å². The number of benzene rings is 2. The van der Waals surface area contributed by atoms with E-state index in [4.69, 9.17) is 9.47 Å². The second-order valence-electron chi connectivity index (χ2n) is 8.18. The van der Waals surface area contributed by atoms with Gasteiger partial charge in [0, 0.05) is 13.1 Å². The molecule has 0 bridgehead atoms. The lowest BCUT2D eigenvalue weighted by atomic mass is 9.87. The molecule has 3 rings (SSSR count). The lowest BCUT2D eigenvalue weighted by Crippen LogP contribution is -2.43. The van der Waals surface area contributed by atoms with Gasteiger partial charge in [-0.3, -0.25) is 4.79 Å². The van der Waals surface area contributed by atoms with Gasteiger partial charge < -0.3 is 14.4 Å².